The van der Waals surface area contributed by atoms with E-state index < -0.39 is 0 Å². The molecule has 0 unspecified atom stereocenters. The van der Waals surface area contributed by atoms with Gasteiger partial charge in [0, 0.05) is 12.4 Å². The first kappa shape index (κ1) is 24.9. The fourth-order valence-corrected chi connectivity index (χ4v) is 1.95. The van der Waals surface area contributed by atoms with Gasteiger partial charge in [0.15, 0.2) is 0 Å². The van der Waals surface area contributed by atoms with Crippen molar-refractivity contribution in [2.24, 2.45) is 0 Å². The second-order valence-corrected chi connectivity index (χ2v) is 5.89. The van der Waals surface area contributed by atoms with E-state index in [1.165, 1.54) is 0 Å². The van der Waals surface area contributed by atoms with Crippen molar-refractivity contribution in [3.8, 4) is 0 Å². The van der Waals surface area contributed by atoms with E-state index in [1.807, 2.05) is 183 Å². The van der Waals surface area contributed by atoms with E-state index in [-0.39, 0.29) is 0 Å². The quantitative estimate of drug-likeness (QED) is 0.433. The van der Waals surface area contributed by atoms with E-state index in [0.29, 0.717) is 0 Å². The molecule has 1 aliphatic heterocycles. The highest BCUT2D eigenvalue weighted by Crippen LogP contribution is 1.88. The highest BCUT2D eigenvalue weighted by Gasteiger charge is 1.68. The number of hydrogen-bond acceptors (Lipinski definition) is 1. The van der Waals surface area contributed by atoms with Gasteiger partial charge in [-0.2, -0.15) is 0 Å². The minimum atomic E-state index is 1.88. The molecule has 0 saturated heterocycles. The summed E-state index contributed by atoms with van der Waals surface area (Å²) < 4.78 is 0. The summed E-state index contributed by atoms with van der Waals surface area (Å²) in [6.07, 6.45) is 59.4. The molecular formula is C30H31N. The zero-order valence-corrected chi connectivity index (χ0v) is 17.8. The molecule has 1 heteroatoms. The smallest absolute Gasteiger partial charge is 0.000442 e. The lowest BCUT2D eigenvalue weighted by Gasteiger charge is -1.84. The van der Waals surface area contributed by atoms with Crippen molar-refractivity contribution in [1.82, 2.24) is 5.32 Å². The minimum absolute atomic E-state index is 1.88. The predicted molar refractivity (Wildman–Crippen MR) is 140 cm³/mol. The Balaban J connectivity index is 2.64. The Morgan fingerprint density at radius 1 is 0.161 bits per heavy atom. The van der Waals surface area contributed by atoms with Crippen molar-refractivity contribution in [2.75, 3.05) is 0 Å². The van der Waals surface area contributed by atoms with Crippen molar-refractivity contribution in [2.45, 2.75) is 0 Å². The largest absolute Gasteiger partial charge is 0.368 e. The van der Waals surface area contributed by atoms with Crippen LogP contribution in [0.2, 0.25) is 0 Å². The minimum Gasteiger partial charge on any atom is -0.368 e. The molecule has 0 fully saturated rings. The van der Waals surface area contributed by atoms with Gasteiger partial charge in [0.1, 0.15) is 0 Å². The van der Waals surface area contributed by atoms with Crippen LogP contribution in [0.5, 0.6) is 0 Å². The summed E-state index contributed by atoms with van der Waals surface area (Å²) in [6, 6.07) is 0. The molecule has 0 radical (unpaired) electrons. The molecule has 0 aromatic rings. The molecule has 1 rings (SSSR count). The van der Waals surface area contributed by atoms with Crippen molar-refractivity contribution < 1.29 is 0 Å². The third kappa shape index (κ3) is 20.4. The summed E-state index contributed by atoms with van der Waals surface area (Å²) in [4.78, 5) is 0. The fourth-order valence-electron chi connectivity index (χ4n) is 1.95. The molecule has 0 amide bonds. The molecule has 1 aliphatic rings. The molecule has 0 aromatic carbocycles. The Labute approximate surface area is 188 Å². The molecule has 0 bridgehead atoms. The fraction of sp³-hybridized carbons (Fsp3) is 0. The van der Waals surface area contributed by atoms with Crippen molar-refractivity contribution in [3.05, 3.63) is 183 Å². The lowest BCUT2D eigenvalue weighted by molar-refractivity contribution is 1.20. The van der Waals surface area contributed by atoms with Gasteiger partial charge in [0.05, 0.1) is 0 Å². The highest BCUT2D eigenvalue weighted by molar-refractivity contribution is 5.24. The van der Waals surface area contributed by atoms with Crippen LogP contribution in [0.3, 0.4) is 0 Å². The molecule has 0 aromatic heterocycles. The van der Waals surface area contributed by atoms with Crippen molar-refractivity contribution in [1.29, 1.82) is 0 Å². The van der Waals surface area contributed by atoms with Gasteiger partial charge in [-0.25, -0.2) is 0 Å². The van der Waals surface area contributed by atoms with Crippen molar-refractivity contribution in [3.63, 3.8) is 0 Å². The predicted octanol–water partition coefficient (Wildman–Crippen LogP) is 7.85. The second-order valence-electron chi connectivity index (χ2n) is 5.89. The summed E-state index contributed by atoms with van der Waals surface area (Å²) in [5, 5.41) is 3.08. The summed E-state index contributed by atoms with van der Waals surface area (Å²) in [7, 11) is 0. The normalized spacial score (nSPS) is 18.1. The monoisotopic (exact) mass is 405 g/mol. The molecule has 1 nitrogen and oxygen atoms in total. The van der Waals surface area contributed by atoms with Crippen LogP contribution in [0.4, 0.5) is 0 Å². The molecule has 1 heterocycles. The highest BCUT2D eigenvalue weighted by atomic mass is 14.8. The average Bonchev–Trinajstić information content (AvgIpc) is 2.78. The van der Waals surface area contributed by atoms with E-state index in [9.17, 15) is 0 Å². The van der Waals surface area contributed by atoms with Crippen LogP contribution >= 0.6 is 0 Å². The Morgan fingerprint density at radius 2 is 0.290 bits per heavy atom. The molecule has 0 atom stereocenters. The van der Waals surface area contributed by atoms with E-state index >= 15 is 0 Å². The summed E-state index contributed by atoms with van der Waals surface area (Å²) in [5.74, 6) is 0. The maximum atomic E-state index is 3.08. The van der Waals surface area contributed by atoms with Crippen LogP contribution in [-0.2, 0) is 0 Å². The number of rotatable bonds is 0. The van der Waals surface area contributed by atoms with Crippen LogP contribution in [0.15, 0.2) is 183 Å². The zero-order valence-electron chi connectivity index (χ0n) is 17.8. The first-order valence-corrected chi connectivity index (χ1v) is 10.2. The summed E-state index contributed by atoms with van der Waals surface area (Å²) in [5.41, 5.74) is 0. The molecule has 31 heavy (non-hydrogen) atoms. The molecule has 1 N–H and O–H groups in total. The maximum absolute atomic E-state index is 3.08. The van der Waals surface area contributed by atoms with Crippen LogP contribution in [0, 0.1) is 0 Å². The second kappa shape index (κ2) is 22.2. The lowest BCUT2D eigenvalue weighted by Crippen LogP contribution is -1.89. The summed E-state index contributed by atoms with van der Waals surface area (Å²) >= 11 is 0. The van der Waals surface area contributed by atoms with Gasteiger partial charge in [0.25, 0.3) is 0 Å². The van der Waals surface area contributed by atoms with Gasteiger partial charge in [0.2, 0.25) is 0 Å². The van der Waals surface area contributed by atoms with Gasteiger partial charge >= 0.3 is 0 Å². The van der Waals surface area contributed by atoms with E-state index in [4.69, 9.17) is 0 Å². The Morgan fingerprint density at radius 3 is 0.452 bits per heavy atom. The number of hydrogen-bond donors (Lipinski definition) is 1. The Kier molecular flexibility index (Phi) is 17.9. The van der Waals surface area contributed by atoms with Gasteiger partial charge < -0.3 is 5.32 Å². The van der Waals surface area contributed by atoms with Gasteiger partial charge in [-0.1, -0.05) is 158 Å². The van der Waals surface area contributed by atoms with Crippen LogP contribution < -0.4 is 5.32 Å². The third-order valence-electron chi connectivity index (χ3n) is 3.38. The number of allylic oxidation sites excluding steroid dienone is 28. The summed E-state index contributed by atoms with van der Waals surface area (Å²) in [6.45, 7) is 0. The standard InChI is InChI=1S/C30H31N/c1-2-4-6-8-10-12-14-16-18-20-22-24-26-28-30-31-29-27-25-23-21-19-17-15-13-11-9-7-5-3-1/h1-31H/b2-1?,5-3?,6-4?,9-7?,10-8?,13-11?,14-12?,17-15-,18-16-,21-19?,22-20?,25-23?,26-24?,29-27?,30-28?. The van der Waals surface area contributed by atoms with E-state index in [1.54, 1.807) is 0 Å². The molecule has 0 saturated carbocycles. The van der Waals surface area contributed by atoms with Crippen LogP contribution in [0.1, 0.15) is 0 Å². The van der Waals surface area contributed by atoms with Crippen LogP contribution in [0.25, 0.3) is 0 Å². The first-order chi connectivity index (χ1) is 15.5. The third-order valence-corrected chi connectivity index (χ3v) is 3.38. The van der Waals surface area contributed by atoms with Gasteiger partial charge in [-0.05, 0) is 12.2 Å². The first-order valence-electron chi connectivity index (χ1n) is 10.2. The van der Waals surface area contributed by atoms with Gasteiger partial charge in [-0.3, -0.25) is 0 Å². The molecule has 0 aliphatic carbocycles. The van der Waals surface area contributed by atoms with Gasteiger partial charge in [-0.15, -0.1) is 0 Å². The average molecular weight is 406 g/mol. The Hall–Kier alpha value is -4.10. The molecular weight excluding hydrogens is 374 g/mol. The SMILES string of the molecule is C1=CC=CC=CC=C/C=C\C=CC=CC=CNC=CC=CC=C/C=C\C=CC=CC=C1. The number of nitrogens with one attached hydrogen (secondary N) is 1. The zero-order chi connectivity index (χ0) is 21.9. The molecule has 0 spiro atoms. The lowest BCUT2D eigenvalue weighted by atomic mass is 10.3. The van der Waals surface area contributed by atoms with Crippen molar-refractivity contribution >= 4 is 0 Å². The Bertz CT molecular complexity index is 822. The molecule has 156 valence electrons. The van der Waals surface area contributed by atoms with E-state index in [0.717, 1.165) is 0 Å². The van der Waals surface area contributed by atoms with E-state index in [2.05, 4.69) is 5.32 Å². The van der Waals surface area contributed by atoms with Crippen LogP contribution in [-0.4, -0.2) is 0 Å². The topological polar surface area (TPSA) is 12.0 Å². The maximum Gasteiger partial charge on any atom is 0.000442 e.